The van der Waals surface area contributed by atoms with Crippen molar-refractivity contribution in [3.05, 3.63) is 28.8 Å². The fraction of sp³-hybridized carbons (Fsp3) is 0.400. The van der Waals surface area contributed by atoms with Gasteiger partial charge in [0.1, 0.15) is 14.5 Å². The molecule has 2 rings (SSSR count). The van der Waals surface area contributed by atoms with E-state index < -0.39 is 26.5 Å². The summed E-state index contributed by atoms with van der Waals surface area (Å²) in [5.74, 6) is 0.143. The Morgan fingerprint density at radius 3 is 2.82 bits per heavy atom. The number of hydrogen-bond acceptors (Lipinski definition) is 7. The number of hydrogen-bond donors (Lipinski definition) is 4. The topological polar surface area (TPSA) is 152 Å². The highest BCUT2D eigenvalue weighted by Gasteiger charge is 2.30. The van der Waals surface area contributed by atoms with Crippen LogP contribution in [-0.4, -0.2) is 44.5 Å². The Kier molecular flexibility index (Phi) is 7.20. The van der Waals surface area contributed by atoms with Gasteiger partial charge in [0.15, 0.2) is 0 Å². The summed E-state index contributed by atoms with van der Waals surface area (Å²) in [4.78, 5) is 28.0. The highest BCUT2D eigenvalue weighted by atomic mass is 79.9. The second-order valence-corrected chi connectivity index (χ2v) is 10.4. The van der Waals surface area contributed by atoms with E-state index >= 15 is 0 Å². The monoisotopic (exact) mass is 493 g/mol. The van der Waals surface area contributed by atoms with Crippen molar-refractivity contribution >= 4 is 55.2 Å². The number of sulfonamides is 1. The molecule has 2 heterocycles. The van der Waals surface area contributed by atoms with E-state index in [2.05, 4.69) is 31.6 Å². The smallest absolute Gasteiger partial charge is 0.334 e. The first-order valence-corrected chi connectivity index (χ1v) is 11.1. The van der Waals surface area contributed by atoms with Crippen molar-refractivity contribution in [3.63, 3.8) is 0 Å². The summed E-state index contributed by atoms with van der Waals surface area (Å²) in [7, 11) is -2.48. The number of urea groups is 2. The summed E-state index contributed by atoms with van der Waals surface area (Å²) in [5, 5.41) is 4.81. The van der Waals surface area contributed by atoms with Crippen LogP contribution in [0.4, 0.5) is 9.59 Å². The van der Waals surface area contributed by atoms with E-state index in [1.165, 1.54) is 18.3 Å². The second-order valence-electron chi connectivity index (χ2n) is 5.89. The van der Waals surface area contributed by atoms with Crippen molar-refractivity contribution in [1.82, 2.24) is 15.4 Å². The van der Waals surface area contributed by atoms with E-state index in [9.17, 15) is 18.0 Å². The summed E-state index contributed by atoms with van der Waals surface area (Å²) in [6.45, 7) is 2.26. The molecule has 1 aliphatic rings. The number of nitrogens with zero attached hydrogens (tertiary/aromatic N) is 1. The molecular formula is C15H20BrN5O5S2. The Hall–Kier alpha value is -1.96. The number of rotatable bonds is 6. The molecule has 4 amide bonds. The van der Waals surface area contributed by atoms with E-state index in [0.29, 0.717) is 13.0 Å². The van der Waals surface area contributed by atoms with E-state index in [4.69, 9.17) is 10.5 Å². The van der Waals surface area contributed by atoms with Gasteiger partial charge in [-0.05, 0) is 24.6 Å². The molecule has 1 unspecified atom stereocenters. The number of primary amides is 1. The molecule has 5 N–H and O–H groups in total. The van der Waals surface area contributed by atoms with Crippen LogP contribution in [0.1, 0.15) is 16.9 Å². The molecule has 0 aromatic carbocycles. The summed E-state index contributed by atoms with van der Waals surface area (Å²) < 4.78 is 30.9. The number of carbonyl (C=O) groups excluding carboxylic acids is 2. The van der Waals surface area contributed by atoms with E-state index in [0.717, 1.165) is 21.8 Å². The first kappa shape index (κ1) is 22.3. The number of aryl methyl sites for hydroxylation is 1. The normalized spacial score (nSPS) is 19.0. The van der Waals surface area contributed by atoms with E-state index in [1.807, 2.05) is 4.72 Å². The van der Waals surface area contributed by atoms with Gasteiger partial charge in [0.25, 0.3) is 10.0 Å². The quantitative estimate of drug-likeness (QED) is 0.347. The minimum atomic E-state index is -4.04. The summed E-state index contributed by atoms with van der Waals surface area (Å²) in [5.41, 5.74) is 5.92. The molecule has 0 fully saturated rings. The summed E-state index contributed by atoms with van der Waals surface area (Å²) in [6.07, 6.45) is 3.52. The predicted molar refractivity (Wildman–Crippen MR) is 109 cm³/mol. The Bertz CT molecular complexity index is 927. The predicted octanol–water partition coefficient (Wildman–Crippen LogP) is 1.31. The Labute approximate surface area is 174 Å². The lowest BCUT2D eigenvalue weighted by Crippen LogP contribution is -2.50. The maximum atomic E-state index is 12.5. The van der Waals surface area contributed by atoms with Gasteiger partial charge < -0.3 is 15.8 Å². The number of aliphatic imine (C=N–C) groups is 1. The molecular weight excluding hydrogens is 474 g/mol. The lowest BCUT2D eigenvalue weighted by molar-refractivity contribution is 0.203. The van der Waals surface area contributed by atoms with Gasteiger partial charge in [-0.3, -0.25) is 5.32 Å². The first-order chi connectivity index (χ1) is 13.0. The zero-order valence-corrected chi connectivity index (χ0v) is 18.3. The Morgan fingerprint density at radius 2 is 2.18 bits per heavy atom. The number of nitrogens with one attached hydrogen (secondary N) is 3. The molecule has 28 heavy (non-hydrogen) atoms. The van der Waals surface area contributed by atoms with Crippen LogP contribution in [0.5, 0.6) is 0 Å². The molecule has 1 aromatic heterocycles. The largest absolute Gasteiger partial charge is 0.384 e. The van der Waals surface area contributed by atoms with Gasteiger partial charge in [0.05, 0.1) is 6.61 Å². The average Bonchev–Trinajstić information content (AvgIpc) is 2.93. The van der Waals surface area contributed by atoms with Crippen molar-refractivity contribution < 1.29 is 22.7 Å². The maximum absolute atomic E-state index is 12.5. The maximum Gasteiger partial charge on any atom is 0.334 e. The zero-order chi connectivity index (χ0) is 20.9. The fourth-order valence-corrected chi connectivity index (χ4v) is 5.41. The van der Waals surface area contributed by atoms with Crippen LogP contribution in [0.3, 0.4) is 0 Å². The van der Waals surface area contributed by atoms with Crippen LogP contribution in [0.2, 0.25) is 0 Å². The van der Waals surface area contributed by atoms with Crippen LogP contribution in [0.15, 0.2) is 27.5 Å². The molecule has 13 heteroatoms. The molecule has 0 saturated heterocycles. The second kappa shape index (κ2) is 9.03. The molecule has 10 nitrogen and oxygen atoms in total. The van der Waals surface area contributed by atoms with Gasteiger partial charge in [0, 0.05) is 31.0 Å². The van der Waals surface area contributed by atoms with Crippen molar-refractivity contribution in [2.45, 2.75) is 28.4 Å². The zero-order valence-electron chi connectivity index (χ0n) is 15.1. The molecule has 0 radical (unpaired) electrons. The number of amides is 4. The summed E-state index contributed by atoms with van der Waals surface area (Å²) >= 11 is 4.36. The van der Waals surface area contributed by atoms with Crippen LogP contribution in [0.25, 0.3) is 0 Å². The lowest BCUT2D eigenvalue weighted by Gasteiger charge is -2.27. The number of carbonyl (C=O) groups is 2. The molecule has 0 bridgehead atoms. The molecule has 1 aromatic rings. The fourth-order valence-electron chi connectivity index (χ4n) is 2.35. The van der Waals surface area contributed by atoms with Crippen LogP contribution < -0.4 is 21.1 Å². The van der Waals surface area contributed by atoms with E-state index in [1.54, 1.807) is 14.0 Å². The standard InChI is InChI=1S/C15H20BrN5O5S2/c1-9-7-12(27-10(9)3-6-26-2)28(24,25)21-14(23)19-11-8-15(16,4-5-18-11)20-13(17)22/h4-5,7H,3,6,8H2,1-2H3,(H3,17,20,22)(H2,18,19,21,23). The third-order valence-electron chi connectivity index (χ3n) is 3.61. The van der Waals surface area contributed by atoms with Crippen LogP contribution >= 0.6 is 27.3 Å². The number of methoxy groups -OCH3 is 1. The third-order valence-corrected chi connectivity index (χ3v) is 7.45. The minimum Gasteiger partial charge on any atom is -0.384 e. The van der Waals surface area contributed by atoms with Crippen molar-refractivity contribution in [2.75, 3.05) is 13.7 Å². The number of ether oxygens (including phenoxy) is 1. The molecule has 0 aliphatic carbocycles. The Morgan fingerprint density at radius 1 is 1.46 bits per heavy atom. The average molecular weight is 494 g/mol. The van der Waals surface area contributed by atoms with Crippen molar-refractivity contribution in [2.24, 2.45) is 10.7 Å². The molecule has 0 spiro atoms. The third kappa shape index (κ3) is 6.02. The minimum absolute atomic E-state index is 0.0296. The lowest BCUT2D eigenvalue weighted by atomic mass is 10.1. The molecule has 0 saturated carbocycles. The molecule has 1 aliphatic heterocycles. The number of alkyl halides is 1. The number of halogens is 1. The van der Waals surface area contributed by atoms with E-state index in [-0.39, 0.29) is 16.5 Å². The van der Waals surface area contributed by atoms with Gasteiger partial charge in [-0.25, -0.2) is 27.7 Å². The highest BCUT2D eigenvalue weighted by Crippen LogP contribution is 2.27. The number of amidine groups is 1. The first-order valence-electron chi connectivity index (χ1n) is 7.97. The SMILES string of the molecule is COCCc1sc(S(=O)(=O)NC(=O)NC2=NC=CC(Br)(NC(N)=O)C2)cc1C. The Balaban J connectivity index is 2.03. The molecule has 1 atom stereocenters. The molecule has 154 valence electrons. The summed E-state index contributed by atoms with van der Waals surface area (Å²) in [6, 6.07) is -0.230. The van der Waals surface area contributed by atoms with Gasteiger partial charge >= 0.3 is 12.1 Å². The van der Waals surface area contributed by atoms with Gasteiger partial charge in [0.2, 0.25) is 0 Å². The van der Waals surface area contributed by atoms with Crippen molar-refractivity contribution in [3.8, 4) is 0 Å². The van der Waals surface area contributed by atoms with Gasteiger partial charge in [-0.15, -0.1) is 11.3 Å². The van der Waals surface area contributed by atoms with Gasteiger partial charge in [-0.2, -0.15) is 0 Å². The van der Waals surface area contributed by atoms with Crippen LogP contribution in [0, 0.1) is 6.92 Å². The number of thiophene rings is 1. The van der Waals surface area contributed by atoms with Gasteiger partial charge in [-0.1, -0.05) is 15.9 Å². The number of nitrogens with two attached hydrogens (primary N) is 1. The van der Waals surface area contributed by atoms with Crippen molar-refractivity contribution in [1.29, 1.82) is 0 Å². The highest BCUT2D eigenvalue weighted by molar-refractivity contribution is 9.10. The van der Waals surface area contributed by atoms with Crippen LogP contribution in [-0.2, 0) is 21.2 Å².